The fourth-order valence-electron chi connectivity index (χ4n) is 5.65. The highest BCUT2D eigenvalue weighted by Crippen LogP contribution is 2.42. The van der Waals surface area contributed by atoms with Gasteiger partial charge >= 0.3 is 11.9 Å². The Hall–Kier alpha value is -1.32. The number of rotatable bonds is 16. The van der Waals surface area contributed by atoms with Gasteiger partial charge in [-0.05, 0) is 136 Å². The molecule has 9 nitrogen and oxygen atoms in total. The van der Waals surface area contributed by atoms with Gasteiger partial charge in [0.15, 0.2) is 30.6 Å². The van der Waals surface area contributed by atoms with Crippen LogP contribution in [0.5, 0.6) is 11.5 Å². The molecule has 4 atom stereocenters. The second-order valence-corrected chi connectivity index (χ2v) is 46.0. The molecule has 0 bridgehead atoms. The Morgan fingerprint density at radius 3 is 1.66 bits per heavy atom. The molecule has 0 saturated heterocycles. The summed E-state index contributed by atoms with van der Waals surface area (Å²) in [6.45, 7) is 37.7. The van der Waals surface area contributed by atoms with Crippen molar-refractivity contribution in [2.45, 2.75) is 161 Å². The zero-order valence-corrected chi connectivity index (χ0v) is 40.4. The topological polar surface area (TPSA) is 98.8 Å². The third-order valence-electron chi connectivity index (χ3n) is 6.74. The first-order valence-electron chi connectivity index (χ1n) is 17.9. The molecule has 0 radical (unpaired) electrons. The van der Waals surface area contributed by atoms with Gasteiger partial charge in [0.05, 0.1) is 12.5 Å². The highest BCUT2D eigenvalue weighted by molar-refractivity contribution is 6.72. The van der Waals surface area contributed by atoms with E-state index in [-0.39, 0.29) is 19.3 Å². The first-order valence-corrected chi connectivity index (χ1v) is 38.4. The maximum atomic E-state index is 14.2. The van der Waals surface area contributed by atoms with E-state index in [4.69, 9.17) is 31.3 Å². The number of carbonyl (C=O) groups excluding carboxylic acids is 2. The zero-order chi connectivity index (χ0) is 38.7. The minimum absolute atomic E-state index is 0.0360. The predicted octanol–water partition coefficient (Wildman–Crippen LogP) is 9.63. The van der Waals surface area contributed by atoms with Crippen molar-refractivity contribution < 1.29 is 40.9 Å². The number of hydrogen-bond donors (Lipinski definition) is 0. The molecule has 1 aromatic rings. The minimum Gasteiger partial charge on any atom is -0.542 e. The highest BCUT2D eigenvalue weighted by atomic mass is 28.4. The molecule has 1 aliphatic rings. The van der Waals surface area contributed by atoms with Crippen molar-refractivity contribution in [2.75, 3.05) is 0 Å². The van der Waals surface area contributed by atoms with Crippen LogP contribution in [0.3, 0.4) is 0 Å². The second-order valence-electron chi connectivity index (χ2n) is 19.4. The molecule has 286 valence electrons. The molecule has 1 fully saturated rings. The summed E-state index contributed by atoms with van der Waals surface area (Å²) in [5.74, 6) is 0.665. The lowest BCUT2D eigenvalue weighted by molar-refractivity contribution is -0.189. The van der Waals surface area contributed by atoms with Gasteiger partial charge in [0.1, 0.15) is 23.7 Å². The standard InChI is InChI=1S/C35H68O9Si6/c1-45(2,3)39-28-23-22-27(24-29(28)40-46(4,5)6)20-19-21-32(36)38-30-25-35(44-50(16,17)18,34(37)43-49(13,14)15)26-31(41-47(7,8)9)33(30)42-48(10,11)12/h19-20,22-24,30-31,33H,21,25-26H2,1-18H3/b20-19+/t30-,31-,33-,35+/m1/s1. The first-order chi connectivity index (χ1) is 22.2. The Morgan fingerprint density at radius 1 is 0.660 bits per heavy atom. The lowest BCUT2D eigenvalue weighted by Gasteiger charge is -2.50. The average molecular weight is 801 g/mol. The normalized spacial score (nSPS) is 22.7. The summed E-state index contributed by atoms with van der Waals surface area (Å²) in [5.41, 5.74) is -0.423. The van der Waals surface area contributed by atoms with Crippen molar-refractivity contribution in [3.8, 4) is 11.5 Å². The summed E-state index contributed by atoms with van der Waals surface area (Å²) in [7, 11) is -12.7. The Bertz CT molecular complexity index is 1350. The largest absolute Gasteiger partial charge is 0.542 e. The number of benzene rings is 1. The van der Waals surface area contributed by atoms with Crippen LogP contribution < -0.4 is 8.85 Å². The quantitative estimate of drug-likeness (QED) is 0.120. The van der Waals surface area contributed by atoms with Crippen molar-refractivity contribution in [1.82, 2.24) is 0 Å². The van der Waals surface area contributed by atoms with Gasteiger partial charge in [0.25, 0.3) is 0 Å². The predicted molar refractivity (Wildman–Crippen MR) is 220 cm³/mol. The van der Waals surface area contributed by atoms with Gasteiger partial charge in [-0.3, -0.25) is 9.59 Å². The van der Waals surface area contributed by atoms with Crippen molar-refractivity contribution in [2.24, 2.45) is 0 Å². The molecule has 1 aromatic carbocycles. The third-order valence-corrected chi connectivity index (χ3v) is 12.2. The molecule has 0 aromatic heterocycles. The van der Waals surface area contributed by atoms with E-state index in [1.165, 1.54) is 0 Å². The van der Waals surface area contributed by atoms with Crippen LogP contribution in [-0.4, -0.2) is 85.8 Å². The lowest BCUT2D eigenvalue weighted by atomic mass is 9.79. The molecule has 1 saturated carbocycles. The molecule has 0 N–H and O–H groups in total. The summed E-state index contributed by atoms with van der Waals surface area (Å²) < 4.78 is 45.5. The summed E-state index contributed by atoms with van der Waals surface area (Å²) in [6, 6.07) is 5.89. The summed E-state index contributed by atoms with van der Waals surface area (Å²) in [5, 5.41) is 0. The van der Waals surface area contributed by atoms with Gasteiger partial charge in [-0.1, -0.05) is 18.2 Å². The summed E-state index contributed by atoms with van der Waals surface area (Å²) >= 11 is 0. The van der Waals surface area contributed by atoms with Crippen LogP contribution in [0, 0.1) is 0 Å². The van der Waals surface area contributed by atoms with Gasteiger partial charge in [0.2, 0.25) is 25.0 Å². The van der Waals surface area contributed by atoms with Gasteiger partial charge in [-0.15, -0.1) is 0 Å². The van der Waals surface area contributed by atoms with E-state index in [1.54, 1.807) is 6.08 Å². The third kappa shape index (κ3) is 16.6. The van der Waals surface area contributed by atoms with Gasteiger partial charge in [-0.2, -0.15) is 0 Å². The van der Waals surface area contributed by atoms with Crippen molar-refractivity contribution in [1.29, 1.82) is 0 Å². The minimum atomic E-state index is -2.31. The molecule has 2 rings (SSSR count). The lowest BCUT2D eigenvalue weighted by Crippen LogP contribution is -2.65. The Labute approximate surface area is 309 Å². The van der Waals surface area contributed by atoms with Crippen LogP contribution in [0.4, 0.5) is 0 Å². The van der Waals surface area contributed by atoms with E-state index in [0.717, 1.165) is 17.1 Å². The first kappa shape index (κ1) is 44.8. The van der Waals surface area contributed by atoms with E-state index in [9.17, 15) is 9.59 Å². The molecule has 0 heterocycles. The average Bonchev–Trinajstić information content (AvgIpc) is 2.82. The zero-order valence-electron chi connectivity index (χ0n) is 34.4. The fraction of sp³-hybridized carbons (Fsp3) is 0.714. The number of hydrogen-bond acceptors (Lipinski definition) is 9. The van der Waals surface area contributed by atoms with Crippen LogP contribution in [0.25, 0.3) is 6.08 Å². The Balaban J connectivity index is 2.49. The number of esters is 1. The van der Waals surface area contributed by atoms with Crippen molar-refractivity contribution in [3.05, 3.63) is 29.8 Å². The Morgan fingerprint density at radius 2 is 1.18 bits per heavy atom. The van der Waals surface area contributed by atoms with E-state index in [0.29, 0.717) is 0 Å². The van der Waals surface area contributed by atoms with Crippen LogP contribution >= 0.6 is 0 Å². The van der Waals surface area contributed by atoms with E-state index in [1.807, 2.05) is 43.9 Å². The number of carbonyl (C=O) groups is 2. The maximum absolute atomic E-state index is 14.2. The van der Waals surface area contributed by atoms with Crippen LogP contribution in [-0.2, 0) is 32.0 Å². The highest BCUT2D eigenvalue weighted by Gasteiger charge is 2.57. The molecule has 0 spiro atoms. The molecular formula is C35H68O9Si6. The van der Waals surface area contributed by atoms with Gasteiger partial charge in [0, 0.05) is 12.8 Å². The summed E-state index contributed by atoms with van der Waals surface area (Å²) in [6.07, 6.45) is 2.34. The Kier molecular flexibility index (Phi) is 14.7. The molecule has 1 aliphatic carbocycles. The smallest absolute Gasteiger partial charge is 0.324 e. The van der Waals surface area contributed by atoms with E-state index < -0.39 is 85.8 Å². The monoisotopic (exact) mass is 800 g/mol. The molecule has 0 amide bonds. The molecule has 15 heteroatoms. The molecule has 0 aliphatic heterocycles. The van der Waals surface area contributed by atoms with E-state index in [2.05, 4.69) is 98.2 Å². The summed E-state index contributed by atoms with van der Waals surface area (Å²) in [4.78, 5) is 27.8. The molecular weight excluding hydrogens is 733 g/mol. The fourth-order valence-corrected chi connectivity index (χ4v) is 11.7. The van der Waals surface area contributed by atoms with Gasteiger partial charge in [-0.25, -0.2) is 0 Å². The van der Waals surface area contributed by atoms with Crippen molar-refractivity contribution >= 4 is 67.9 Å². The molecule has 0 unspecified atom stereocenters. The van der Waals surface area contributed by atoms with Crippen LogP contribution in [0.15, 0.2) is 24.3 Å². The van der Waals surface area contributed by atoms with E-state index >= 15 is 0 Å². The SMILES string of the molecule is C[Si](C)(C)OC(=O)[C@]1(O[Si](C)(C)C)C[C@@H](OC(=O)C/C=C/c2ccc(O[Si](C)(C)C)c(O[Si](C)(C)C)c2)[C@@H](O[Si](C)(C)C)[C@H](O[Si](C)(C)C)C1. The van der Waals surface area contributed by atoms with Crippen molar-refractivity contribution in [3.63, 3.8) is 0 Å². The van der Waals surface area contributed by atoms with Crippen LogP contribution in [0.1, 0.15) is 24.8 Å². The maximum Gasteiger partial charge on any atom is 0.324 e. The second kappa shape index (κ2) is 16.4. The van der Waals surface area contributed by atoms with Gasteiger partial charge < -0.3 is 31.3 Å². The van der Waals surface area contributed by atoms with Crippen LogP contribution in [0.2, 0.25) is 118 Å². The number of ether oxygens (including phenoxy) is 1. The molecule has 50 heavy (non-hydrogen) atoms.